The van der Waals surface area contributed by atoms with E-state index in [1.54, 1.807) is 18.5 Å². The van der Waals surface area contributed by atoms with Crippen molar-refractivity contribution in [3.63, 3.8) is 0 Å². The first-order valence-electron chi connectivity index (χ1n) is 4.68. The summed E-state index contributed by atoms with van der Waals surface area (Å²) in [6.45, 7) is 1.93. The number of aromatic nitrogens is 2. The molecule has 2 rings (SSSR count). The first-order chi connectivity index (χ1) is 7.31. The lowest BCUT2D eigenvalue weighted by molar-refractivity contribution is 0.102. The van der Waals surface area contributed by atoms with E-state index < -0.39 is 0 Å². The van der Waals surface area contributed by atoms with Gasteiger partial charge in [-0.05, 0) is 6.07 Å². The van der Waals surface area contributed by atoms with Gasteiger partial charge in [0.15, 0.2) is 0 Å². The highest BCUT2D eigenvalue weighted by Crippen LogP contribution is 2.12. The van der Waals surface area contributed by atoms with Crippen LogP contribution in [0, 0.1) is 0 Å². The van der Waals surface area contributed by atoms with Gasteiger partial charge in [-0.3, -0.25) is 10.1 Å². The standard InChI is InChI=1S/C10H11N3O2/c1-2-8-7(3-6-15-8)9(14)13-10-11-4-5-12-10/h3-6H,2H2,1H3,(H2,11,12,13,14). The van der Waals surface area contributed by atoms with Gasteiger partial charge in [-0.2, -0.15) is 0 Å². The van der Waals surface area contributed by atoms with E-state index in [0.717, 1.165) is 0 Å². The minimum Gasteiger partial charge on any atom is -0.469 e. The summed E-state index contributed by atoms with van der Waals surface area (Å²) in [5.74, 6) is 0.901. The zero-order valence-corrected chi connectivity index (χ0v) is 8.28. The van der Waals surface area contributed by atoms with Gasteiger partial charge in [-0.25, -0.2) is 4.98 Å². The molecule has 0 aliphatic carbocycles. The minimum atomic E-state index is -0.212. The summed E-state index contributed by atoms with van der Waals surface area (Å²) in [7, 11) is 0. The summed E-state index contributed by atoms with van der Waals surface area (Å²) in [6, 6.07) is 1.65. The van der Waals surface area contributed by atoms with Gasteiger partial charge in [0.25, 0.3) is 5.91 Å². The van der Waals surface area contributed by atoms with Crippen LogP contribution in [0.3, 0.4) is 0 Å². The normalized spacial score (nSPS) is 10.2. The van der Waals surface area contributed by atoms with Gasteiger partial charge in [-0.15, -0.1) is 0 Å². The lowest BCUT2D eigenvalue weighted by Gasteiger charge is -2.00. The van der Waals surface area contributed by atoms with Crippen LogP contribution in [0.1, 0.15) is 23.0 Å². The smallest absolute Gasteiger partial charge is 0.261 e. The van der Waals surface area contributed by atoms with E-state index in [9.17, 15) is 4.79 Å². The minimum absolute atomic E-state index is 0.212. The number of H-pyrrole nitrogens is 1. The molecule has 2 N–H and O–H groups in total. The van der Waals surface area contributed by atoms with Gasteiger partial charge in [0.2, 0.25) is 5.95 Å². The van der Waals surface area contributed by atoms with E-state index in [-0.39, 0.29) is 5.91 Å². The maximum atomic E-state index is 11.7. The van der Waals surface area contributed by atoms with Crippen molar-refractivity contribution >= 4 is 11.9 Å². The fraction of sp³-hybridized carbons (Fsp3) is 0.200. The number of nitrogens with one attached hydrogen (secondary N) is 2. The SMILES string of the molecule is CCc1occc1C(=O)Nc1ncc[nH]1. The molecule has 0 radical (unpaired) electrons. The predicted molar refractivity (Wildman–Crippen MR) is 54.6 cm³/mol. The summed E-state index contributed by atoms with van der Waals surface area (Å²) in [5.41, 5.74) is 0.550. The van der Waals surface area contributed by atoms with Crippen LogP contribution in [-0.4, -0.2) is 15.9 Å². The Morgan fingerprint density at radius 1 is 1.67 bits per heavy atom. The van der Waals surface area contributed by atoms with Crippen molar-refractivity contribution in [1.29, 1.82) is 0 Å². The molecule has 0 aliphatic rings. The molecule has 2 aromatic heterocycles. The molecular formula is C10H11N3O2. The average molecular weight is 205 g/mol. The van der Waals surface area contributed by atoms with Crippen molar-refractivity contribution < 1.29 is 9.21 Å². The number of hydrogen-bond donors (Lipinski definition) is 2. The van der Waals surface area contributed by atoms with Crippen LogP contribution in [-0.2, 0) is 6.42 Å². The van der Waals surface area contributed by atoms with Crippen molar-refractivity contribution in [2.75, 3.05) is 5.32 Å². The number of nitrogens with zero attached hydrogens (tertiary/aromatic N) is 1. The molecule has 0 unspecified atom stereocenters. The number of rotatable bonds is 3. The Morgan fingerprint density at radius 2 is 2.53 bits per heavy atom. The molecule has 0 saturated heterocycles. The second-order valence-electron chi connectivity index (χ2n) is 3.00. The molecule has 0 atom stereocenters. The number of carbonyl (C=O) groups is 1. The Bertz CT molecular complexity index is 445. The predicted octanol–water partition coefficient (Wildman–Crippen LogP) is 1.82. The van der Waals surface area contributed by atoms with Crippen molar-refractivity contribution in [3.05, 3.63) is 36.0 Å². The molecule has 0 saturated carbocycles. The monoisotopic (exact) mass is 205 g/mol. The molecule has 5 nitrogen and oxygen atoms in total. The highest BCUT2D eigenvalue weighted by Gasteiger charge is 2.13. The second-order valence-corrected chi connectivity index (χ2v) is 3.00. The highest BCUT2D eigenvalue weighted by atomic mass is 16.3. The molecule has 1 amide bonds. The van der Waals surface area contributed by atoms with Crippen molar-refractivity contribution in [3.8, 4) is 0 Å². The van der Waals surface area contributed by atoms with E-state index in [2.05, 4.69) is 15.3 Å². The number of hydrogen-bond acceptors (Lipinski definition) is 3. The Balaban J connectivity index is 2.15. The lowest BCUT2D eigenvalue weighted by Crippen LogP contribution is -2.13. The van der Waals surface area contributed by atoms with Crippen LogP contribution in [0.5, 0.6) is 0 Å². The summed E-state index contributed by atoms with van der Waals surface area (Å²) >= 11 is 0. The summed E-state index contributed by atoms with van der Waals surface area (Å²) in [4.78, 5) is 18.4. The zero-order valence-electron chi connectivity index (χ0n) is 8.28. The lowest BCUT2D eigenvalue weighted by atomic mass is 10.2. The maximum absolute atomic E-state index is 11.7. The van der Waals surface area contributed by atoms with Gasteiger partial charge >= 0.3 is 0 Å². The van der Waals surface area contributed by atoms with Gasteiger partial charge in [-0.1, -0.05) is 6.92 Å². The number of anilines is 1. The van der Waals surface area contributed by atoms with Gasteiger partial charge in [0.05, 0.1) is 11.8 Å². The maximum Gasteiger partial charge on any atom is 0.261 e. The second kappa shape index (κ2) is 4.00. The third-order valence-electron chi connectivity index (χ3n) is 2.04. The number of imidazole rings is 1. The molecule has 2 heterocycles. The highest BCUT2D eigenvalue weighted by molar-refractivity contribution is 6.04. The number of aryl methyl sites for hydroxylation is 1. The first kappa shape index (κ1) is 9.51. The van der Waals surface area contributed by atoms with Crippen molar-refractivity contribution in [1.82, 2.24) is 9.97 Å². The molecule has 2 aromatic rings. The van der Waals surface area contributed by atoms with Crippen molar-refractivity contribution in [2.45, 2.75) is 13.3 Å². The van der Waals surface area contributed by atoms with Crippen LogP contribution < -0.4 is 5.32 Å². The Hall–Kier alpha value is -2.04. The van der Waals surface area contributed by atoms with Crippen molar-refractivity contribution in [2.24, 2.45) is 0 Å². The van der Waals surface area contributed by atoms with E-state index in [0.29, 0.717) is 23.7 Å². The molecule has 0 bridgehead atoms. The first-order valence-corrected chi connectivity index (χ1v) is 4.68. The summed E-state index contributed by atoms with van der Waals surface area (Å²) in [6.07, 6.45) is 5.42. The van der Waals surface area contributed by atoms with Gasteiger partial charge in [0, 0.05) is 18.8 Å². The average Bonchev–Trinajstić information content (AvgIpc) is 2.86. The van der Waals surface area contributed by atoms with E-state index >= 15 is 0 Å². The van der Waals surface area contributed by atoms with Crippen LogP contribution in [0.15, 0.2) is 29.1 Å². The third kappa shape index (κ3) is 1.90. The van der Waals surface area contributed by atoms with Crippen LogP contribution in [0.25, 0.3) is 0 Å². The fourth-order valence-electron chi connectivity index (χ4n) is 1.33. The van der Waals surface area contributed by atoms with Gasteiger partial charge in [0.1, 0.15) is 5.76 Å². The van der Waals surface area contributed by atoms with E-state index in [1.807, 2.05) is 6.92 Å². The Labute approximate surface area is 86.5 Å². The van der Waals surface area contributed by atoms with Crippen LogP contribution in [0.2, 0.25) is 0 Å². The number of furan rings is 1. The molecule has 0 aliphatic heterocycles. The molecule has 78 valence electrons. The molecule has 0 fully saturated rings. The summed E-state index contributed by atoms with van der Waals surface area (Å²) in [5, 5.41) is 2.63. The van der Waals surface area contributed by atoms with Crippen LogP contribution in [0.4, 0.5) is 5.95 Å². The molecular weight excluding hydrogens is 194 g/mol. The fourth-order valence-corrected chi connectivity index (χ4v) is 1.33. The zero-order chi connectivity index (χ0) is 10.7. The number of carbonyl (C=O) groups excluding carboxylic acids is 1. The number of aromatic amines is 1. The molecule has 15 heavy (non-hydrogen) atoms. The topological polar surface area (TPSA) is 70.9 Å². The number of amides is 1. The molecule has 0 aromatic carbocycles. The Morgan fingerprint density at radius 3 is 3.20 bits per heavy atom. The Kier molecular flexibility index (Phi) is 2.53. The molecule has 5 heteroatoms. The molecule has 0 spiro atoms. The van der Waals surface area contributed by atoms with Gasteiger partial charge < -0.3 is 9.40 Å². The van der Waals surface area contributed by atoms with Crippen LogP contribution >= 0.6 is 0 Å². The third-order valence-corrected chi connectivity index (χ3v) is 2.04. The largest absolute Gasteiger partial charge is 0.469 e. The quantitative estimate of drug-likeness (QED) is 0.802. The van der Waals surface area contributed by atoms with E-state index in [1.165, 1.54) is 6.26 Å². The summed E-state index contributed by atoms with van der Waals surface area (Å²) < 4.78 is 5.16. The van der Waals surface area contributed by atoms with E-state index in [4.69, 9.17) is 4.42 Å².